The van der Waals surface area contributed by atoms with Crippen LogP contribution in [0.1, 0.15) is 18.4 Å². The number of unbranched alkanes of at least 4 members (excludes halogenated alkanes) is 1. The fourth-order valence-electron chi connectivity index (χ4n) is 1.52. The van der Waals surface area contributed by atoms with E-state index < -0.39 is 15.8 Å². The van der Waals surface area contributed by atoms with Gasteiger partial charge in [-0.2, -0.15) is 11.8 Å². The zero-order chi connectivity index (χ0) is 14.3. The second-order valence-corrected chi connectivity index (χ2v) is 6.74. The van der Waals surface area contributed by atoms with Gasteiger partial charge in [-0.3, -0.25) is 0 Å². The van der Waals surface area contributed by atoms with Gasteiger partial charge in [-0.05, 0) is 42.5 Å². The van der Waals surface area contributed by atoms with Crippen LogP contribution in [-0.2, 0) is 16.6 Å². The molecule has 0 fully saturated rings. The maximum Gasteiger partial charge on any atom is 0.243 e. The van der Waals surface area contributed by atoms with Crippen molar-refractivity contribution in [2.75, 3.05) is 18.6 Å². The normalized spacial score (nSPS) is 11.7. The molecule has 1 aromatic carbocycles. The molecule has 0 aliphatic heterocycles. The molecule has 0 heterocycles. The first-order chi connectivity index (χ1) is 9.01. The van der Waals surface area contributed by atoms with Crippen LogP contribution in [0.4, 0.5) is 4.39 Å². The van der Waals surface area contributed by atoms with Crippen molar-refractivity contribution in [2.45, 2.75) is 24.3 Å². The van der Waals surface area contributed by atoms with E-state index in [4.69, 9.17) is 5.11 Å². The van der Waals surface area contributed by atoms with Crippen molar-refractivity contribution >= 4 is 21.8 Å². The summed E-state index contributed by atoms with van der Waals surface area (Å²) in [7, 11) is -3.82. The number of hydrogen-bond acceptors (Lipinski definition) is 4. The first-order valence-corrected chi connectivity index (χ1v) is 8.77. The topological polar surface area (TPSA) is 66.4 Å². The van der Waals surface area contributed by atoms with Crippen molar-refractivity contribution in [3.05, 3.63) is 29.6 Å². The van der Waals surface area contributed by atoms with Crippen LogP contribution in [0.25, 0.3) is 0 Å². The van der Waals surface area contributed by atoms with E-state index in [2.05, 4.69) is 4.72 Å². The molecule has 2 N–H and O–H groups in total. The third-order valence-electron chi connectivity index (χ3n) is 2.54. The van der Waals surface area contributed by atoms with Gasteiger partial charge in [0, 0.05) is 6.54 Å². The fraction of sp³-hybridized carbons (Fsp3) is 0.500. The van der Waals surface area contributed by atoms with Crippen molar-refractivity contribution in [1.29, 1.82) is 0 Å². The predicted molar refractivity (Wildman–Crippen MR) is 75.1 cm³/mol. The average Bonchev–Trinajstić information content (AvgIpc) is 2.37. The number of rotatable bonds is 8. The van der Waals surface area contributed by atoms with Crippen LogP contribution in [0.5, 0.6) is 0 Å². The Bertz CT molecular complexity index is 506. The molecular weight excluding hydrogens is 289 g/mol. The van der Waals surface area contributed by atoms with Crippen LogP contribution in [0, 0.1) is 5.82 Å². The van der Waals surface area contributed by atoms with Gasteiger partial charge in [0.1, 0.15) is 10.7 Å². The number of sulfonamides is 1. The van der Waals surface area contributed by atoms with E-state index in [0.717, 1.165) is 24.7 Å². The zero-order valence-electron chi connectivity index (χ0n) is 10.7. The summed E-state index contributed by atoms with van der Waals surface area (Å²) in [5.74, 6) is 0.129. The number of thioether (sulfide) groups is 1. The minimum atomic E-state index is -3.82. The van der Waals surface area contributed by atoms with Crippen molar-refractivity contribution < 1.29 is 17.9 Å². The Kier molecular flexibility index (Phi) is 6.78. The summed E-state index contributed by atoms with van der Waals surface area (Å²) < 4.78 is 39.7. The standard InChI is InChI=1S/C12H18FNO3S2/c1-18-7-3-2-6-14-19(16,17)12-5-4-10(9-15)8-11(12)13/h4-5,8,14-15H,2-3,6-7,9H2,1H3. The van der Waals surface area contributed by atoms with E-state index >= 15 is 0 Å². The van der Waals surface area contributed by atoms with E-state index in [1.807, 2.05) is 6.26 Å². The predicted octanol–water partition coefficient (Wildman–Crippen LogP) is 1.74. The molecule has 0 aliphatic carbocycles. The highest BCUT2D eigenvalue weighted by molar-refractivity contribution is 7.98. The molecule has 0 unspecified atom stereocenters. The molecule has 0 aliphatic rings. The Morgan fingerprint density at radius 2 is 2.11 bits per heavy atom. The molecule has 0 aromatic heterocycles. The first-order valence-electron chi connectivity index (χ1n) is 5.89. The maximum absolute atomic E-state index is 13.6. The minimum Gasteiger partial charge on any atom is -0.392 e. The molecule has 108 valence electrons. The lowest BCUT2D eigenvalue weighted by molar-refractivity contribution is 0.281. The average molecular weight is 307 g/mol. The van der Waals surface area contributed by atoms with Crippen molar-refractivity contribution in [2.24, 2.45) is 0 Å². The molecule has 19 heavy (non-hydrogen) atoms. The van der Waals surface area contributed by atoms with E-state index in [9.17, 15) is 12.8 Å². The first kappa shape index (κ1) is 16.4. The van der Waals surface area contributed by atoms with Crippen LogP contribution >= 0.6 is 11.8 Å². The monoisotopic (exact) mass is 307 g/mol. The molecule has 0 radical (unpaired) electrons. The van der Waals surface area contributed by atoms with E-state index in [1.165, 1.54) is 12.1 Å². The number of aliphatic hydroxyl groups excluding tert-OH is 1. The van der Waals surface area contributed by atoms with Crippen LogP contribution in [0.3, 0.4) is 0 Å². The van der Waals surface area contributed by atoms with Gasteiger partial charge in [-0.15, -0.1) is 0 Å². The SMILES string of the molecule is CSCCCCNS(=O)(=O)c1ccc(CO)cc1F. The summed E-state index contributed by atoms with van der Waals surface area (Å²) in [6, 6.07) is 3.60. The summed E-state index contributed by atoms with van der Waals surface area (Å²) in [5.41, 5.74) is 0.344. The summed E-state index contributed by atoms with van der Waals surface area (Å²) in [5, 5.41) is 8.85. The Hall–Kier alpha value is -0.630. The smallest absolute Gasteiger partial charge is 0.243 e. The molecule has 0 spiro atoms. The number of nitrogens with one attached hydrogen (secondary N) is 1. The lowest BCUT2D eigenvalue weighted by Crippen LogP contribution is -2.25. The van der Waals surface area contributed by atoms with Gasteiger partial charge in [0.05, 0.1) is 6.61 Å². The summed E-state index contributed by atoms with van der Waals surface area (Å²) >= 11 is 1.70. The largest absolute Gasteiger partial charge is 0.392 e. The molecule has 4 nitrogen and oxygen atoms in total. The Labute approximate surface area is 117 Å². The summed E-state index contributed by atoms with van der Waals surface area (Å²) in [6.07, 6.45) is 3.62. The van der Waals surface area contributed by atoms with Crippen molar-refractivity contribution in [3.8, 4) is 0 Å². The van der Waals surface area contributed by atoms with Crippen LogP contribution in [-0.4, -0.2) is 32.1 Å². The van der Waals surface area contributed by atoms with Gasteiger partial charge < -0.3 is 5.11 Å². The van der Waals surface area contributed by atoms with Gasteiger partial charge in [-0.1, -0.05) is 6.07 Å². The fourth-order valence-corrected chi connectivity index (χ4v) is 3.14. The molecule has 0 bridgehead atoms. The van der Waals surface area contributed by atoms with Gasteiger partial charge in [0.2, 0.25) is 10.0 Å². The Morgan fingerprint density at radius 3 is 2.68 bits per heavy atom. The second kappa shape index (κ2) is 7.84. The molecule has 0 saturated heterocycles. The van der Waals surface area contributed by atoms with E-state index in [-0.39, 0.29) is 11.5 Å². The number of hydrogen-bond donors (Lipinski definition) is 2. The van der Waals surface area contributed by atoms with Gasteiger partial charge >= 0.3 is 0 Å². The van der Waals surface area contributed by atoms with Crippen molar-refractivity contribution in [1.82, 2.24) is 4.72 Å². The van der Waals surface area contributed by atoms with Crippen molar-refractivity contribution in [3.63, 3.8) is 0 Å². The Morgan fingerprint density at radius 1 is 1.37 bits per heavy atom. The van der Waals surface area contributed by atoms with E-state index in [0.29, 0.717) is 12.1 Å². The van der Waals surface area contributed by atoms with E-state index in [1.54, 1.807) is 11.8 Å². The maximum atomic E-state index is 13.6. The van der Waals surface area contributed by atoms with Crippen LogP contribution in [0.15, 0.2) is 23.1 Å². The van der Waals surface area contributed by atoms with Gasteiger partial charge in [-0.25, -0.2) is 17.5 Å². The van der Waals surface area contributed by atoms with Crippen LogP contribution < -0.4 is 4.72 Å². The summed E-state index contributed by atoms with van der Waals surface area (Å²) in [4.78, 5) is -0.380. The molecule has 0 saturated carbocycles. The summed E-state index contributed by atoms with van der Waals surface area (Å²) in [6.45, 7) is -0.0244. The van der Waals surface area contributed by atoms with Gasteiger partial charge in [0.15, 0.2) is 0 Å². The molecule has 1 rings (SSSR count). The highest BCUT2D eigenvalue weighted by atomic mass is 32.2. The molecule has 1 aromatic rings. The number of halogens is 1. The quantitative estimate of drug-likeness (QED) is 0.718. The molecule has 7 heteroatoms. The third-order valence-corrected chi connectivity index (χ3v) is 4.73. The Balaban J connectivity index is 2.67. The highest BCUT2D eigenvalue weighted by Crippen LogP contribution is 2.16. The molecular formula is C12H18FNO3S2. The lowest BCUT2D eigenvalue weighted by atomic mass is 10.2. The lowest BCUT2D eigenvalue weighted by Gasteiger charge is -2.08. The number of benzene rings is 1. The highest BCUT2D eigenvalue weighted by Gasteiger charge is 2.18. The number of aliphatic hydroxyl groups is 1. The second-order valence-electron chi connectivity index (χ2n) is 4.02. The zero-order valence-corrected chi connectivity index (χ0v) is 12.4. The van der Waals surface area contributed by atoms with Crippen LogP contribution in [0.2, 0.25) is 0 Å². The third kappa shape index (κ3) is 5.10. The molecule has 0 amide bonds. The van der Waals surface area contributed by atoms with Gasteiger partial charge in [0.25, 0.3) is 0 Å². The molecule has 0 atom stereocenters. The minimum absolute atomic E-state index is 0.296.